The van der Waals surface area contributed by atoms with E-state index in [0.29, 0.717) is 5.92 Å². The van der Waals surface area contributed by atoms with Crippen LogP contribution in [0.25, 0.3) is 0 Å². The molecule has 0 aromatic carbocycles. The molecule has 0 saturated carbocycles. The van der Waals surface area contributed by atoms with Gasteiger partial charge in [0.25, 0.3) is 0 Å². The summed E-state index contributed by atoms with van der Waals surface area (Å²) in [7, 11) is 0. The zero-order valence-corrected chi connectivity index (χ0v) is 10.7. The molecule has 2 unspecified atom stereocenters. The lowest BCUT2D eigenvalue weighted by atomic mass is 10.0. The fourth-order valence-electron chi connectivity index (χ4n) is 1.57. The highest BCUT2D eigenvalue weighted by molar-refractivity contribution is 5.08. The van der Waals surface area contributed by atoms with Crippen LogP contribution in [0.1, 0.15) is 44.8 Å². The largest absolute Gasteiger partial charge is 0.465 e. The minimum absolute atomic E-state index is 0.202. The Balaban J connectivity index is 2.28. The minimum atomic E-state index is -0.224. The molecule has 92 valence electrons. The number of aliphatic hydroxyl groups excluding tert-OH is 1. The van der Waals surface area contributed by atoms with Gasteiger partial charge in [0.15, 0.2) is 0 Å². The molecular weight excluding hydrogens is 202 g/mol. The van der Waals surface area contributed by atoms with Crippen LogP contribution in [0.15, 0.2) is 16.5 Å². The van der Waals surface area contributed by atoms with E-state index in [1.807, 2.05) is 32.9 Å². The van der Waals surface area contributed by atoms with Gasteiger partial charge in [0, 0.05) is 0 Å². The quantitative estimate of drug-likeness (QED) is 0.782. The lowest BCUT2D eigenvalue weighted by Crippen LogP contribution is -2.25. The normalized spacial score (nSPS) is 15.4. The van der Waals surface area contributed by atoms with E-state index in [4.69, 9.17) is 4.42 Å². The van der Waals surface area contributed by atoms with Gasteiger partial charge in [-0.05, 0) is 44.9 Å². The molecule has 1 aromatic rings. The molecule has 0 aliphatic rings. The van der Waals surface area contributed by atoms with Crippen molar-refractivity contribution in [2.45, 2.75) is 46.3 Å². The van der Waals surface area contributed by atoms with E-state index in [-0.39, 0.29) is 12.1 Å². The molecule has 3 heteroatoms. The van der Waals surface area contributed by atoms with Crippen molar-refractivity contribution in [2.24, 2.45) is 5.92 Å². The van der Waals surface area contributed by atoms with Crippen molar-refractivity contribution < 1.29 is 9.52 Å². The minimum Gasteiger partial charge on any atom is -0.465 e. The first-order chi connectivity index (χ1) is 7.50. The Labute approximate surface area is 97.9 Å². The molecule has 0 bridgehead atoms. The Morgan fingerprint density at radius 2 is 2.00 bits per heavy atom. The fraction of sp³-hybridized carbons (Fsp3) is 0.692. The van der Waals surface area contributed by atoms with Crippen LogP contribution in [-0.2, 0) is 0 Å². The van der Waals surface area contributed by atoms with Crippen molar-refractivity contribution in [1.82, 2.24) is 5.32 Å². The Hall–Kier alpha value is -0.800. The number of hydrogen-bond acceptors (Lipinski definition) is 3. The summed E-state index contributed by atoms with van der Waals surface area (Å²) in [6.07, 6.45) is 0.555. The van der Waals surface area contributed by atoms with Gasteiger partial charge in [-0.15, -0.1) is 0 Å². The van der Waals surface area contributed by atoms with Crippen LogP contribution in [0.2, 0.25) is 0 Å². The molecule has 0 aliphatic carbocycles. The van der Waals surface area contributed by atoms with E-state index >= 15 is 0 Å². The number of aliphatic hydroxyl groups is 1. The maximum atomic E-state index is 9.65. The van der Waals surface area contributed by atoms with Crippen molar-refractivity contribution in [3.63, 3.8) is 0 Å². The average Bonchev–Trinajstić information content (AvgIpc) is 2.64. The van der Waals surface area contributed by atoms with Crippen LogP contribution in [0, 0.1) is 12.8 Å². The SMILES string of the molecule is Cc1ccc(C(C)NCCC(O)C(C)C)o1. The monoisotopic (exact) mass is 225 g/mol. The van der Waals surface area contributed by atoms with E-state index in [2.05, 4.69) is 12.2 Å². The third-order valence-corrected chi connectivity index (χ3v) is 2.85. The summed E-state index contributed by atoms with van der Waals surface area (Å²) in [4.78, 5) is 0. The lowest BCUT2D eigenvalue weighted by molar-refractivity contribution is 0.115. The van der Waals surface area contributed by atoms with Gasteiger partial charge in [-0.2, -0.15) is 0 Å². The summed E-state index contributed by atoms with van der Waals surface area (Å²) in [6, 6.07) is 4.16. The smallest absolute Gasteiger partial charge is 0.120 e. The van der Waals surface area contributed by atoms with Crippen LogP contribution in [0.5, 0.6) is 0 Å². The third kappa shape index (κ3) is 3.99. The Morgan fingerprint density at radius 3 is 2.50 bits per heavy atom. The topological polar surface area (TPSA) is 45.4 Å². The Morgan fingerprint density at radius 1 is 1.31 bits per heavy atom. The maximum Gasteiger partial charge on any atom is 0.120 e. The van der Waals surface area contributed by atoms with Crippen LogP contribution < -0.4 is 5.32 Å². The van der Waals surface area contributed by atoms with E-state index in [9.17, 15) is 5.11 Å². The van der Waals surface area contributed by atoms with Gasteiger partial charge in [-0.25, -0.2) is 0 Å². The number of hydrogen-bond donors (Lipinski definition) is 2. The number of aryl methyl sites for hydroxylation is 1. The highest BCUT2D eigenvalue weighted by atomic mass is 16.3. The molecule has 0 spiro atoms. The predicted molar refractivity (Wildman–Crippen MR) is 65.3 cm³/mol. The van der Waals surface area contributed by atoms with Gasteiger partial charge < -0.3 is 14.8 Å². The van der Waals surface area contributed by atoms with Crippen molar-refractivity contribution in [1.29, 1.82) is 0 Å². The van der Waals surface area contributed by atoms with Crippen LogP contribution in [0.3, 0.4) is 0 Å². The van der Waals surface area contributed by atoms with Gasteiger partial charge in [-0.3, -0.25) is 0 Å². The second-order valence-electron chi connectivity index (χ2n) is 4.72. The Bertz CT molecular complexity index is 307. The Kier molecular flexibility index (Phi) is 5.03. The molecule has 2 atom stereocenters. The highest BCUT2D eigenvalue weighted by Gasteiger charge is 2.11. The van der Waals surface area contributed by atoms with Crippen molar-refractivity contribution in [2.75, 3.05) is 6.54 Å². The molecule has 0 fully saturated rings. The van der Waals surface area contributed by atoms with Crippen LogP contribution in [-0.4, -0.2) is 17.8 Å². The first-order valence-electron chi connectivity index (χ1n) is 5.98. The molecule has 1 rings (SSSR count). The van der Waals surface area contributed by atoms with Crippen LogP contribution >= 0.6 is 0 Å². The molecular formula is C13H23NO2. The predicted octanol–water partition coefficient (Wildman–Crippen LogP) is 2.65. The number of furan rings is 1. The second kappa shape index (κ2) is 6.06. The van der Waals surface area contributed by atoms with Crippen LogP contribution in [0.4, 0.5) is 0 Å². The van der Waals surface area contributed by atoms with E-state index < -0.39 is 0 Å². The van der Waals surface area contributed by atoms with E-state index in [1.165, 1.54) is 0 Å². The van der Waals surface area contributed by atoms with Gasteiger partial charge in [0.2, 0.25) is 0 Å². The molecule has 3 nitrogen and oxygen atoms in total. The number of nitrogens with one attached hydrogen (secondary N) is 1. The maximum absolute atomic E-state index is 9.65. The molecule has 0 aliphatic heterocycles. The average molecular weight is 225 g/mol. The van der Waals surface area contributed by atoms with Gasteiger partial charge in [0.05, 0.1) is 12.1 Å². The first kappa shape index (κ1) is 13.3. The first-order valence-corrected chi connectivity index (χ1v) is 5.98. The molecule has 1 aromatic heterocycles. The van der Waals surface area contributed by atoms with Gasteiger partial charge >= 0.3 is 0 Å². The lowest BCUT2D eigenvalue weighted by Gasteiger charge is -2.16. The summed E-state index contributed by atoms with van der Waals surface area (Å²) in [5.74, 6) is 2.21. The van der Waals surface area contributed by atoms with Crippen molar-refractivity contribution >= 4 is 0 Å². The van der Waals surface area contributed by atoms with E-state index in [0.717, 1.165) is 24.5 Å². The van der Waals surface area contributed by atoms with Crippen molar-refractivity contribution in [3.05, 3.63) is 23.7 Å². The van der Waals surface area contributed by atoms with Gasteiger partial charge in [-0.1, -0.05) is 13.8 Å². The zero-order valence-electron chi connectivity index (χ0n) is 10.7. The number of rotatable bonds is 6. The second-order valence-corrected chi connectivity index (χ2v) is 4.72. The summed E-state index contributed by atoms with van der Waals surface area (Å²) < 4.78 is 5.53. The summed E-state index contributed by atoms with van der Waals surface area (Å²) in [5, 5.41) is 13.0. The standard InChI is InChI=1S/C13H23NO2/c1-9(2)12(15)7-8-14-11(4)13-6-5-10(3)16-13/h5-6,9,11-12,14-15H,7-8H2,1-4H3. The van der Waals surface area contributed by atoms with Gasteiger partial charge in [0.1, 0.15) is 11.5 Å². The van der Waals surface area contributed by atoms with E-state index in [1.54, 1.807) is 0 Å². The molecule has 0 radical (unpaired) electrons. The summed E-state index contributed by atoms with van der Waals surface area (Å²) in [6.45, 7) is 8.88. The summed E-state index contributed by atoms with van der Waals surface area (Å²) >= 11 is 0. The van der Waals surface area contributed by atoms with Crippen molar-refractivity contribution in [3.8, 4) is 0 Å². The zero-order chi connectivity index (χ0) is 12.1. The molecule has 0 saturated heterocycles. The molecule has 1 heterocycles. The molecule has 2 N–H and O–H groups in total. The highest BCUT2D eigenvalue weighted by Crippen LogP contribution is 2.15. The summed E-state index contributed by atoms with van der Waals surface area (Å²) in [5.41, 5.74) is 0. The fourth-order valence-corrected chi connectivity index (χ4v) is 1.57. The molecule has 16 heavy (non-hydrogen) atoms. The molecule has 0 amide bonds. The third-order valence-electron chi connectivity index (χ3n) is 2.85.